The molecule has 0 bridgehead atoms. The Morgan fingerprint density at radius 2 is 2.15 bits per heavy atom. The van der Waals surface area contributed by atoms with Crippen LogP contribution in [0.3, 0.4) is 0 Å². The zero-order chi connectivity index (χ0) is 13.8. The van der Waals surface area contributed by atoms with Crippen molar-refractivity contribution >= 4 is 41.3 Å². The summed E-state index contributed by atoms with van der Waals surface area (Å²) in [6, 6.07) is 4.16. The average Bonchev–Trinajstić information content (AvgIpc) is 2.93. The number of rotatable bonds is 9. The summed E-state index contributed by atoms with van der Waals surface area (Å²) in [5.41, 5.74) is 0. The molecule has 0 unspecified atom stereocenters. The summed E-state index contributed by atoms with van der Waals surface area (Å²) in [4.78, 5) is 5.81. The highest BCUT2D eigenvalue weighted by atomic mass is 127. The molecule has 0 fully saturated rings. The van der Waals surface area contributed by atoms with Crippen molar-refractivity contribution in [2.75, 3.05) is 26.3 Å². The molecule has 4 nitrogen and oxygen atoms in total. The van der Waals surface area contributed by atoms with Crippen molar-refractivity contribution in [3.8, 4) is 0 Å². The predicted molar refractivity (Wildman–Crippen MR) is 98.3 cm³/mol. The van der Waals surface area contributed by atoms with Crippen LogP contribution in [0, 0.1) is 0 Å². The van der Waals surface area contributed by atoms with E-state index in [1.165, 1.54) is 11.3 Å². The van der Waals surface area contributed by atoms with Gasteiger partial charge in [0.1, 0.15) is 0 Å². The van der Waals surface area contributed by atoms with Gasteiger partial charge in [0.05, 0.1) is 13.2 Å². The maximum Gasteiger partial charge on any atom is 0.191 e. The number of aliphatic imine (C=N–C) groups is 1. The lowest BCUT2D eigenvalue weighted by Gasteiger charge is -2.11. The zero-order valence-electron chi connectivity index (χ0n) is 12.4. The van der Waals surface area contributed by atoms with Crippen molar-refractivity contribution in [3.05, 3.63) is 22.4 Å². The van der Waals surface area contributed by atoms with E-state index < -0.39 is 0 Å². The first-order valence-electron chi connectivity index (χ1n) is 6.99. The third-order valence-corrected chi connectivity index (χ3v) is 3.36. The fourth-order valence-electron chi connectivity index (χ4n) is 1.49. The van der Waals surface area contributed by atoms with E-state index in [1.54, 1.807) is 11.3 Å². The van der Waals surface area contributed by atoms with Crippen LogP contribution in [0.4, 0.5) is 0 Å². The fourth-order valence-corrected chi connectivity index (χ4v) is 2.12. The van der Waals surface area contributed by atoms with Gasteiger partial charge in [0.2, 0.25) is 0 Å². The minimum absolute atomic E-state index is 0. The fraction of sp³-hybridized carbons (Fsp3) is 0.643. The first-order chi connectivity index (χ1) is 9.36. The lowest BCUT2D eigenvalue weighted by Crippen LogP contribution is -2.39. The monoisotopic (exact) mass is 411 g/mol. The Labute approximate surface area is 143 Å². The van der Waals surface area contributed by atoms with Gasteiger partial charge in [0.25, 0.3) is 0 Å². The van der Waals surface area contributed by atoms with Crippen LogP contribution in [0.5, 0.6) is 0 Å². The number of thiophene rings is 1. The van der Waals surface area contributed by atoms with Crippen molar-refractivity contribution in [1.82, 2.24) is 10.6 Å². The second-order valence-corrected chi connectivity index (χ2v) is 5.20. The highest BCUT2D eigenvalue weighted by molar-refractivity contribution is 14.0. The van der Waals surface area contributed by atoms with Crippen molar-refractivity contribution in [2.24, 2.45) is 4.99 Å². The number of hydrogen-bond acceptors (Lipinski definition) is 3. The Morgan fingerprint density at radius 1 is 1.30 bits per heavy atom. The van der Waals surface area contributed by atoms with Crippen molar-refractivity contribution in [3.63, 3.8) is 0 Å². The molecule has 1 aromatic rings. The Balaban J connectivity index is 0.00000361. The summed E-state index contributed by atoms with van der Waals surface area (Å²) in [5, 5.41) is 8.59. The van der Waals surface area contributed by atoms with Gasteiger partial charge in [-0.15, -0.1) is 35.3 Å². The largest absolute Gasteiger partial charge is 0.380 e. The van der Waals surface area contributed by atoms with Gasteiger partial charge in [-0.05, 0) is 24.8 Å². The van der Waals surface area contributed by atoms with Crippen molar-refractivity contribution in [2.45, 2.75) is 33.2 Å². The van der Waals surface area contributed by atoms with Crippen LogP contribution in [-0.2, 0) is 11.3 Å². The zero-order valence-corrected chi connectivity index (χ0v) is 15.5. The first kappa shape index (κ1) is 19.7. The molecule has 0 aliphatic carbocycles. The number of nitrogens with zero attached hydrogens (tertiary/aromatic N) is 1. The molecule has 20 heavy (non-hydrogen) atoms. The predicted octanol–water partition coefficient (Wildman–Crippen LogP) is 3.24. The van der Waals surface area contributed by atoms with E-state index in [4.69, 9.17) is 4.74 Å². The molecular formula is C14H26IN3OS. The molecule has 0 aliphatic rings. The normalized spacial score (nSPS) is 11.0. The molecule has 0 radical (unpaired) electrons. The van der Waals surface area contributed by atoms with E-state index in [9.17, 15) is 0 Å². The SMILES string of the molecule is CCCCOCCNC(=NCc1cccs1)NCC.I. The van der Waals surface area contributed by atoms with Gasteiger partial charge in [-0.1, -0.05) is 19.4 Å². The van der Waals surface area contributed by atoms with Gasteiger partial charge in [0.15, 0.2) is 5.96 Å². The van der Waals surface area contributed by atoms with Crippen LogP contribution in [0.1, 0.15) is 31.6 Å². The molecule has 116 valence electrons. The second kappa shape index (κ2) is 13.6. The van der Waals surface area contributed by atoms with E-state index in [-0.39, 0.29) is 24.0 Å². The summed E-state index contributed by atoms with van der Waals surface area (Å²) in [6.07, 6.45) is 2.31. The Bertz CT molecular complexity index is 344. The second-order valence-electron chi connectivity index (χ2n) is 4.17. The minimum Gasteiger partial charge on any atom is -0.380 e. The van der Waals surface area contributed by atoms with E-state index in [0.29, 0.717) is 0 Å². The maximum absolute atomic E-state index is 5.51. The smallest absolute Gasteiger partial charge is 0.191 e. The summed E-state index contributed by atoms with van der Waals surface area (Å²) < 4.78 is 5.51. The Kier molecular flexibility index (Phi) is 13.4. The number of ether oxygens (including phenoxy) is 1. The Morgan fingerprint density at radius 3 is 2.80 bits per heavy atom. The standard InChI is InChI=1S/C14H25N3OS.HI/c1-3-5-9-18-10-8-16-14(15-4-2)17-12-13-7-6-11-19-13;/h6-7,11H,3-5,8-10,12H2,1-2H3,(H2,15,16,17);1H. The molecule has 6 heteroatoms. The quantitative estimate of drug-likeness (QED) is 0.284. The number of nitrogens with one attached hydrogen (secondary N) is 2. The van der Waals surface area contributed by atoms with E-state index in [1.807, 2.05) is 0 Å². The van der Waals surface area contributed by atoms with Crippen molar-refractivity contribution < 1.29 is 4.74 Å². The number of guanidine groups is 1. The van der Waals surface area contributed by atoms with Crippen LogP contribution < -0.4 is 10.6 Å². The molecule has 0 saturated carbocycles. The summed E-state index contributed by atoms with van der Waals surface area (Å²) in [5.74, 6) is 0.856. The van der Waals surface area contributed by atoms with E-state index in [0.717, 1.165) is 45.2 Å². The molecule has 0 spiro atoms. The van der Waals surface area contributed by atoms with Crippen LogP contribution in [-0.4, -0.2) is 32.3 Å². The highest BCUT2D eigenvalue weighted by Gasteiger charge is 1.97. The van der Waals surface area contributed by atoms with Crippen molar-refractivity contribution in [1.29, 1.82) is 0 Å². The van der Waals surface area contributed by atoms with Gasteiger partial charge in [-0.3, -0.25) is 0 Å². The van der Waals surface area contributed by atoms with Gasteiger partial charge >= 0.3 is 0 Å². The van der Waals surface area contributed by atoms with E-state index in [2.05, 4.69) is 47.0 Å². The van der Waals surface area contributed by atoms with E-state index >= 15 is 0 Å². The van der Waals surface area contributed by atoms with Crippen LogP contribution >= 0.6 is 35.3 Å². The average molecular weight is 411 g/mol. The van der Waals surface area contributed by atoms with Gasteiger partial charge in [0, 0.05) is 24.6 Å². The molecule has 0 aliphatic heterocycles. The third kappa shape index (κ3) is 9.55. The summed E-state index contributed by atoms with van der Waals surface area (Å²) >= 11 is 1.73. The molecule has 1 rings (SSSR count). The number of unbranched alkanes of at least 4 members (excludes halogenated alkanes) is 1. The summed E-state index contributed by atoms with van der Waals surface area (Å²) in [6.45, 7) is 8.20. The molecule has 0 saturated heterocycles. The minimum atomic E-state index is 0. The molecule has 0 atom stereocenters. The first-order valence-corrected chi connectivity index (χ1v) is 7.87. The topological polar surface area (TPSA) is 45.6 Å². The van der Waals surface area contributed by atoms with Gasteiger partial charge in [-0.25, -0.2) is 4.99 Å². The highest BCUT2D eigenvalue weighted by Crippen LogP contribution is 2.09. The molecule has 0 aromatic carbocycles. The van der Waals surface area contributed by atoms with Gasteiger partial charge in [-0.2, -0.15) is 0 Å². The third-order valence-electron chi connectivity index (χ3n) is 2.50. The molecule has 0 amide bonds. The summed E-state index contributed by atoms with van der Waals surface area (Å²) in [7, 11) is 0. The number of halogens is 1. The van der Waals surface area contributed by atoms with Crippen LogP contribution in [0.25, 0.3) is 0 Å². The molecular weight excluding hydrogens is 385 g/mol. The Hall–Kier alpha value is -0.340. The number of hydrogen-bond donors (Lipinski definition) is 2. The lowest BCUT2D eigenvalue weighted by atomic mass is 10.4. The maximum atomic E-state index is 5.51. The molecule has 1 heterocycles. The van der Waals surface area contributed by atoms with Crippen LogP contribution in [0.15, 0.2) is 22.5 Å². The molecule has 2 N–H and O–H groups in total. The van der Waals surface area contributed by atoms with Gasteiger partial charge < -0.3 is 15.4 Å². The molecule has 1 aromatic heterocycles. The van der Waals surface area contributed by atoms with Crippen LogP contribution in [0.2, 0.25) is 0 Å². The lowest BCUT2D eigenvalue weighted by molar-refractivity contribution is 0.136.